The Morgan fingerprint density at radius 2 is 2.00 bits per heavy atom. The van der Waals surface area contributed by atoms with Crippen LogP contribution < -0.4 is 10.1 Å². The molecule has 0 aromatic heterocycles. The molecule has 1 saturated carbocycles. The van der Waals surface area contributed by atoms with Crippen LogP contribution >= 0.6 is 0 Å². The van der Waals surface area contributed by atoms with E-state index in [2.05, 4.69) is 5.32 Å². The third kappa shape index (κ3) is 5.38. The van der Waals surface area contributed by atoms with Gasteiger partial charge in [-0.2, -0.15) is 0 Å². The summed E-state index contributed by atoms with van der Waals surface area (Å²) in [4.78, 5) is 11.8. The van der Waals surface area contributed by atoms with Crippen molar-refractivity contribution in [3.63, 3.8) is 0 Å². The summed E-state index contributed by atoms with van der Waals surface area (Å²) < 4.78 is 5.59. The molecule has 1 aromatic rings. The Balaban J connectivity index is 1.61. The van der Waals surface area contributed by atoms with Gasteiger partial charge < -0.3 is 15.2 Å². The molecule has 1 fully saturated rings. The van der Waals surface area contributed by atoms with Crippen molar-refractivity contribution in [1.82, 2.24) is 5.32 Å². The second-order valence-corrected chi connectivity index (χ2v) is 5.79. The molecular formula is C17H25NO3. The first-order chi connectivity index (χ1) is 10.1. The van der Waals surface area contributed by atoms with Crippen LogP contribution in [0.5, 0.6) is 5.75 Å². The van der Waals surface area contributed by atoms with Crippen LogP contribution in [-0.2, 0) is 4.79 Å². The topological polar surface area (TPSA) is 58.6 Å². The number of nitrogens with one attached hydrogen (secondary N) is 1. The Bertz CT molecular complexity index is 444. The second-order valence-electron chi connectivity index (χ2n) is 5.79. The first kappa shape index (κ1) is 15.8. The summed E-state index contributed by atoms with van der Waals surface area (Å²) in [5.41, 5.74) is 1.20. The van der Waals surface area contributed by atoms with Gasteiger partial charge in [-0.25, -0.2) is 0 Å². The third-order valence-corrected chi connectivity index (χ3v) is 3.91. The lowest BCUT2D eigenvalue weighted by atomic mass is 9.92. The van der Waals surface area contributed by atoms with E-state index in [0.717, 1.165) is 31.4 Å². The van der Waals surface area contributed by atoms with Gasteiger partial charge in [-0.3, -0.25) is 4.79 Å². The average molecular weight is 291 g/mol. The Hall–Kier alpha value is -1.55. The molecule has 1 aliphatic rings. The lowest BCUT2D eigenvalue weighted by Crippen LogP contribution is -2.45. The highest BCUT2D eigenvalue weighted by molar-refractivity contribution is 5.76. The van der Waals surface area contributed by atoms with Gasteiger partial charge in [0, 0.05) is 6.42 Å². The fourth-order valence-corrected chi connectivity index (χ4v) is 2.62. The summed E-state index contributed by atoms with van der Waals surface area (Å²) in [6.45, 7) is 2.57. The van der Waals surface area contributed by atoms with E-state index in [4.69, 9.17) is 4.74 Å². The molecule has 1 aliphatic carbocycles. The Kier molecular flexibility index (Phi) is 6.05. The van der Waals surface area contributed by atoms with Crippen molar-refractivity contribution in [3.8, 4) is 5.75 Å². The summed E-state index contributed by atoms with van der Waals surface area (Å²) in [5.74, 6) is 0.845. The van der Waals surface area contributed by atoms with Crippen LogP contribution in [0.2, 0.25) is 0 Å². The number of aryl methyl sites for hydroxylation is 1. The summed E-state index contributed by atoms with van der Waals surface area (Å²) in [6.07, 6.45) is 4.55. The molecule has 1 aromatic carbocycles. The number of amides is 1. The van der Waals surface area contributed by atoms with Crippen LogP contribution in [0.1, 0.15) is 44.1 Å². The van der Waals surface area contributed by atoms with Crippen LogP contribution in [0.3, 0.4) is 0 Å². The van der Waals surface area contributed by atoms with Crippen LogP contribution in [0, 0.1) is 6.92 Å². The van der Waals surface area contributed by atoms with E-state index in [1.807, 2.05) is 31.2 Å². The van der Waals surface area contributed by atoms with Gasteiger partial charge >= 0.3 is 0 Å². The molecule has 21 heavy (non-hydrogen) atoms. The summed E-state index contributed by atoms with van der Waals surface area (Å²) in [5, 5.41) is 12.8. The van der Waals surface area contributed by atoms with Crippen LogP contribution in [0.15, 0.2) is 24.3 Å². The minimum atomic E-state index is -0.383. The van der Waals surface area contributed by atoms with Crippen molar-refractivity contribution in [2.75, 3.05) is 6.61 Å². The highest BCUT2D eigenvalue weighted by Crippen LogP contribution is 2.18. The summed E-state index contributed by atoms with van der Waals surface area (Å²) in [7, 11) is 0. The van der Waals surface area contributed by atoms with Gasteiger partial charge in [-0.05, 0) is 38.3 Å². The molecule has 2 atom stereocenters. The monoisotopic (exact) mass is 291 g/mol. The average Bonchev–Trinajstić information content (AvgIpc) is 2.48. The van der Waals surface area contributed by atoms with Crippen molar-refractivity contribution in [1.29, 1.82) is 0 Å². The molecule has 0 spiro atoms. The fourth-order valence-electron chi connectivity index (χ4n) is 2.62. The smallest absolute Gasteiger partial charge is 0.220 e. The second kappa shape index (κ2) is 8.03. The molecule has 4 heteroatoms. The number of aliphatic hydroxyl groups is 1. The van der Waals surface area contributed by atoms with Gasteiger partial charge in [0.05, 0.1) is 18.8 Å². The maximum atomic E-state index is 11.8. The lowest BCUT2D eigenvalue weighted by molar-refractivity contribution is -0.123. The molecular weight excluding hydrogens is 266 g/mol. The zero-order chi connectivity index (χ0) is 15.1. The Morgan fingerprint density at radius 3 is 2.71 bits per heavy atom. The number of hydrogen-bond donors (Lipinski definition) is 2. The third-order valence-electron chi connectivity index (χ3n) is 3.91. The Morgan fingerprint density at radius 1 is 1.29 bits per heavy atom. The van der Waals surface area contributed by atoms with Gasteiger partial charge in [-0.15, -0.1) is 0 Å². The van der Waals surface area contributed by atoms with E-state index in [0.29, 0.717) is 19.4 Å². The predicted octanol–water partition coefficient (Wildman–Crippen LogP) is 2.57. The van der Waals surface area contributed by atoms with Crippen molar-refractivity contribution in [2.24, 2.45) is 0 Å². The number of carbonyl (C=O) groups is 1. The van der Waals surface area contributed by atoms with Gasteiger partial charge in [0.1, 0.15) is 5.75 Å². The number of benzene rings is 1. The first-order valence-electron chi connectivity index (χ1n) is 7.82. The highest BCUT2D eigenvalue weighted by atomic mass is 16.5. The van der Waals surface area contributed by atoms with E-state index in [9.17, 15) is 9.90 Å². The first-order valence-corrected chi connectivity index (χ1v) is 7.82. The number of carbonyl (C=O) groups excluding carboxylic acids is 1. The maximum Gasteiger partial charge on any atom is 0.220 e. The van der Waals surface area contributed by atoms with Gasteiger partial charge in [0.15, 0.2) is 0 Å². The van der Waals surface area contributed by atoms with E-state index >= 15 is 0 Å². The Labute approximate surface area is 126 Å². The molecule has 2 unspecified atom stereocenters. The SMILES string of the molecule is Cc1ccc(OCCCC(=O)NC2CCCCC2O)cc1. The highest BCUT2D eigenvalue weighted by Gasteiger charge is 2.24. The molecule has 0 heterocycles. The van der Waals surface area contributed by atoms with Gasteiger partial charge in [0.2, 0.25) is 5.91 Å². The van der Waals surface area contributed by atoms with Crippen molar-refractivity contribution >= 4 is 5.91 Å². The predicted molar refractivity (Wildman–Crippen MR) is 82.3 cm³/mol. The molecule has 0 saturated heterocycles. The van der Waals surface area contributed by atoms with Crippen molar-refractivity contribution in [2.45, 2.75) is 57.6 Å². The van der Waals surface area contributed by atoms with E-state index < -0.39 is 0 Å². The number of rotatable bonds is 6. The van der Waals surface area contributed by atoms with Crippen molar-refractivity contribution in [3.05, 3.63) is 29.8 Å². The van der Waals surface area contributed by atoms with Gasteiger partial charge in [-0.1, -0.05) is 30.5 Å². The molecule has 4 nitrogen and oxygen atoms in total. The molecule has 0 aliphatic heterocycles. The van der Waals surface area contributed by atoms with Crippen LogP contribution in [-0.4, -0.2) is 29.8 Å². The molecule has 2 rings (SSSR count). The van der Waals surface area contributed by atoms with E-state index in [1.165, 1.54) is 5.56 Å². The minimum absolute atomic E-state index is 0.00783. The lowest BCUT2D eigenvalue weighted by Gasteiger charge is -2.28. The van der Waals surface area contributed by atoms with Crippen LogP contribution in [0.25, 0.3) is 0 Å². The number of hydrogen-bond acceptors (Lipinski definition) is 3. The molecule has 116 valence electrons. The molecule has 0 radical (unpaired) electrons. The summed E-state index contributed by atoms with van der Waals surface area (Å²) in [6, 6.07) is 7.82. The minimum Gasteiger partial charge on any atom is -0.494 e. The van der Waals surface area contributed by atoms with Crippen LogP contribution in [0.4, 0.5) is 0 Å². The zero-order valence-electron chi connectivity index (χ0n) is 12.7. The zero-order valence-corrected chi connectivity index (χ0v) is 12.7. The quantitative estimate of drug-likeness (QED) is 0.792. The fraction of sp³-hybridized carbons (Fsp3) is 0.588. The van der Waals surface area contributed by atoms with E-state index in [1.54, 1.807) is 0 Å². The normalized spacial score (nSPS) is 21.8. The maximum absolute atomic E-state index is 11.8. The largest absolute Gasteiger partial charge is 0.494 e. The number of aliphatic hydroxyl groups excluding tert-OH is 1. The summed E-state index contributed by atoms with van der Waals surface area (Å²) >= 11 is 0. The molecule has 1 amide bonds. The van der Waals surface area contributed by atoms with E-state index in [-0.39, 0.29) is 18.1 Å². The molecule has 0 bridgehead atoms. The number of ether oxygens (including phenoxy) is 1. The molecule has 2 N–H and O–H groups in total. The van der Waals surface area contributed by atoms with Crippen molar-refractivity contribution < 1.29 is 14.6 Å². The standard InChI is InChI=1S/C17H25NO3/c1-13-8-10-14(11-9-13)21-12-4-7-17(20)18-15-5-2-3-6-16(15)19/h8-11,15-16,19H,2-7,12H2,1H3,(H,18,20). The van der Waals surface area contributed by atoms with Gasteiger partial charge in [0.25, 0.3) is 0 Å².